The molecule has 1 aliphatic carbocycles. The van der Waals surface area contributed by atoms with E-state index in [-0.39, 0.29) is 5.56 Å². The molecule has 23 heavy (non-hydrogen) atoms. The molecule has 0 aromatic carbocycles. The molecule has 0 saturated heterocycles. The summed E-state index contributed by atoms with van der Waals surface area (Å²) >= 11 is 5.98. The minimum Gasteiger partial charge on any atom is -0.367 e. The summed E-state index contributed by atoms with van der Waals surface area (Å²) in [4.78, 5) is 23.6. The van der Waals surface area contributed by atoms with Crippen LogP contribution in [-0.2, 0) is 0 Å². The van der Waals surface area contributed by atoms with Gasteiger partial charge in [-0.2, -0.15) is 0 Å². The van der Waals surface area contributed by atoms with Crippen molar-refractivity contribution in [3.8, 4) is 0 Å². The van der Waals surface area contributed by atoms with Crippen LogP contribution in [0.5, 0.6) is 0 Å². The third kappa shape index (κ3) is 2.98. The quantitative estimate of drug-likeness (QED) is 0.685. The molecule has 7 heteroatoms. The van der Waals surface area contributed by atoms with Crippen LogP contribution in [0.2, 0.25) is 5.02 Å². The Morgan fingerprint density at radius 3 is 2.87 bits per heavy atom. The molecule has 3 N–H and O–H groups in total. The lowest BCUT2D eigenvalue weighted by Gasteiger charge is -2.11. The van der Waals surface area contributed by atoms with Gasteiger partial charge in [0.25, 0.3) is 5.56 Å². The summed E-state index contributed by atoms with van der Waals surface area (Å²) in [6, 6.07) is 7.50. The first-order chi connectivity index (χ1) is 11.2. The average Bonchev–Trinajstić information content (AvgIpc) is 3.31. The standard InChI is InChI=1S/C16H14ClN5O/c17-10-4-6-18-12(8-10)21-13-7-9-3-5-19-16(23)14(9)15(22-13)20-11-1-2-11/h3-8,11H,1-2H2,(H,19,23)(H2,18,20,21,22). The second-order valence-corrected chi connectivity index (χ2v) is 5.97. The number of pyridine rings is 3. The SMILES string of the molecule is O=c1[nH]ccc2cc(Nc3cc(Cl)ccn3)nc(NC3CC3)c12. The smallest absolute Gasteiger partial charge is 0.259 e. The highest BCUT2D eigenvalue weighted by Gasteiger charge is 2.23. The van der Waals surface area contributed by atoms with Crippen LogP contribution in [0.1, 0.15) is 12.8 Å². The lowest BCUT2D eigenvalue weighted by atomic mass is 10.2. The van der Waals surface area contributed by atoms with Crippen molar-refractivity contribution < 1.29 is 0 Å². The Labute approximate surface area is 136 Å². The molecule has 3 heterocycles. The molecule has 116 valence electrons. The number of halogens is 1. The summed E-state index contributed by atoms with van der Waals surface area (Å²) < 4.78 is 0. The van der Waals surface area contributed by atoms with Crippen molar-refractivity contribution in [3.05, 3.63) is 52.0 Å². The number of aromatic nitrogens is 3. The van der Waals surface area contributed by atoms with Crippen LogP contribution in [0.25, 0.3) is 10.8 Å². The van der Waals surface area contributed by atoms with E-state index in [1.54, 1.807) is 24.5 Å². The third-order valence-electron chi connectivity index (χ3n) is 3.65. The minimum absolute atomic E-state index is 0.148. The highest BCUT2D eigenvalue weighted by Crippen LogP contribution is 2.29. The summed E-state index contributed by atoms with van der Waals surface area (Å²) in [5.41, 5.74) is -0.148. The van der Waals surface area contributed by atoms with E-state index in [4.69, 9.17) is 11.6 Å². The summed E-state index contributed by atoms with van der Waals surface area (Å²) in [5.74, 6) is 1.81. The Morgan fingerprint density at radius 1 is 1.22 bits per heavy atom. The second kappa shape index (κ2) is 5.55. The zero-order chi connectivity index (χ0) is 15.8. The predicted octanol–water partition coefficient (Wildman–Crippen LogP) is 3.29. The molecule has 1 aliphatic rings. The first-order valence-corrected chi connectivity index (χ1v) is 7.74. The van der Waals surface area contributed by atoms with Crippen molar-refractivity contribution in [2.24, 2.45) is 0 Å². The summed E-state index contributed by atoms with van der Waals surface area (Å²) in [5, 5.41) is 8.43. The fourth-order valence-electron chi connectivity index (χ4n) is 2.41. The van der Waals surface area contributed by atoms with Crippen molar-refractivity contribution in [1.82, 2.24) is 15.0 Å². The minimum atomic E-state index is -0.148. The fraction of sp³-hybridized carbons (Fsp3) is 0.188. The van der Waals surface area contributed by atoms with Crippen molar-refractivity contribution in [2.45, 2.75) is 18.9 Å². The summed E-state index contributed by atoms with van der Waals surface area (Å²) in [6.45, 7) is 0. The average molecular weight is 328 g/mol. The Kier molecular flexibility index (Phi) is 3.38. The first-order valence-electron chi connectivity index (χ1n) is 7.36. The summed E-state index contributed by atoms with van der Waals surface area (Å²) in [7, 11) is 0. The van der Waals surface area contributed by atoms with Crippen LogP contribution in [-0.4, -0.2) is 21.0 Å². The molecular formula is C16H14ClN5O. The molecule has 3 aromatic rings. The lowest BCUT2D eigenvalue weighted by molar-refractivity contribution is 1.12. The highest BCUT2D eigenvalue weighted by atomic mass is 35.5. The molecule has 3 aromatic heterocycles. The fourth-order valence-corrected chi connectivity index (χ4v) is 2.57. The van der Waals surface area contributed by atoms with E-state index in [2.05, 4.69) is 25.6 Å². The van der Waals surface area contributed by atoms with Gasteiger partial charge in [-0.05, 0) is 42.5 Å². The second-order valence-electron chi connectivity index (χ2n) is 5.53. The third-order valence-corrected chi connectivity index (χ3v) is 3.89. The molecule has 0 radical (unpaired) electrons. The molecule has 0 spiro atoms. The molecule has 0 unspecified atom stereocenters. The van der Waals surface area contributed by atoms with Crippen molar-refractivity contribution in [3.63, 3.8) is 0 Å². The van der Waals surface area contributed by atoms with E-state index in [9.17, 15) is 4.79 Å². The van der Waals surface area contributed by atoms with Gasteiger partial charge in [0, 0.05) is 23.5 Å². The van der Waals surface area contributed by atoms with Crippen molar-refractivity contribution in [1.29, 1.82) is 0 Å². The van der Waals surface area contributed by atoms with Crippen molar-refractivity contribution in [2.75, 3.05) is 10.6 Å². The zero-order valence-electron chi connectivity index (χ0n) is 12.1. The first kappa shape index (κ1) is 14.0. The van der Waals surface area contributed by atoms with E-state index in [1.807, 2.05) is 12.1 Å². The van der Waals surface area contributed by atoms with Gasteiger partial charge >= 0.3 is 0 Å². The number of nitrogens with one attached hydrogen (secondary N) is 3. The lowest BCUT2D eigenvalue weighted by Crippen LogP contribution is -2.12. The van der Waals surface area contributed by atoms with Crippen LogP contribution >= 0.6 is 11.6 Å². The van der Waals surface area contributed by atoms with Gasteiger partial charge in [-0.25, -0.2) is 9.97 Å². The number of H-pyrrole nitrogens is 1. The monoisotopic (exact) mass is 327 g/mol. The molecular weight excluding hydrogens is 314 g/mol. The van der Waals surface area contributed by atoms with Gasteiger partial charge in [0.05, 0.1) is 5.39 Å². The van der Waals surface area contributed by atoms with Gasteiger partial charge in [0.2, 0.25) is 0 Å². The van der Waals surface area contributed by atoms with Gasteiger partial charge in [-0.15, -0.1) is 0 Å². The van der Waals surface area contributed by atoms with Gasteiger partial charge in [-0.3, -0.25) is 4.79 Å². The molecule has 1 fully saturated rings. The summed E-state index contributed by atoms with van der Waals surface area (Å²) in [6.07, 6.45) is 5.45. The van der Waals surface area contributed by atoms with Crippen molar-refractivity contribution >= 4 is 39.8 Å². The maximum absolute atomic E-state index is 12.1. The number of anilines is 3. The van der Waals surface area contributed by atoms with E-state index in [1.165, 1.54) is 0 Å². The largest absolute Gasteiger partial charge is 0.367 e. The Bertz CT molecular complexity index is 935. The van der Waals surface area contributed by atoms with Gasteiger partial charge in [0.1, 0.15) is 17.5 Å². The van der Waals surface area contributed by atoms with Gasteiger partial charge in [0.15, 0.2) is 0 Å². The molecule has 0 bridgehead atoms. The Balaban J connectivity index is 1.79. The van der Waals surface area contributed by atoms with Crippen LogP contribution in [0.4, 0.5) is 17.5 Å². The number of rotatable bonds is 4. The van der Waals surface area contributed by atoms with Gasteiger partial charge < -0.3 is 15.6 Å². The molecule has 0 aliphatic heterocycles. The van der Waals surface area contributed by atoms with E-state index >= 15 is 0 Å². The number of hydrogen-bond acceptors (Lipinski definition) is 5. The van der Waals surface area contributed by atoms with Crippen LogP contribution in [0, 0.1) is 0 Å². The normalized spacial score (nSPS) is 14.0. The van der Waals surface area contributed by atoms with Crippen LogP contribution in [0.3, 0.4) is 0 Å². The van der Waals surface area contributed by atoms with E-state index in [0.29, 0.717) is 33.9 Å². The number of hydrogen-bond donors (Lipinski definition) is 3. The topological polar surface area (TPSA) is 82.7 Å². The molecule has 0 atom stereocenters. The molecule has 6 nitrogen and oxygen atoms in total. The number of fused-ring (bicyclic) bond motifs is 1. The van der Waals surface area contributed by atoms with E-state index in [0.717, 1.165) is 18.2 Å². The number of aromatic amines is 1. The maximum atomic E-state index is 12.1. The molecule has 1 saturated carbocycles. The predicted molar refractivity (Wildman–Crippen MR) is 91.5 cm³/mol. The van der Waals surface area contributed by atoms with Crippen LogP contribution < -0.4 is 16.2 Å². The van der Waals surface area contributed by atoms with Gasteiger partial charge in [-0.1, -0.05) is 11.6 Å². The maximum Gasteiger partial charge on any atom is 0.259 e. The zero-order valence-corrected chi connectivity index (χ0v) is 12.9. The Hall–Kier alpha value is -2.60. The Morgan fingerprint density at radius 2 is 2.09 bits per heavy atom. The molecule has 0 amide bonds. The van der Waals surface area contributed by atoms with Crippen LogP contribution in [0.15, 0.2) is 41.5 Å². The highest BCUT2D eigenvalue weighted by molar-refractivity contribution is 6.30. The number of nitrogens with zero attached hydrogens (tertiary/aromatic N) is 2. The van der Waals surface area contributed by atoms with E-state index < -0.39 is 0 Å². The molecule has 4 rings (SSSR count).